The lowest BCUT2D eigenvalue weighted by atomic mass is 9.96. The molecule has 1 aromatic carbocycles. The summed E-state index contributed by atoms with van der Waals surface area (Å²) in [7, 11) is 0. The van der Waals surface area contributed by atoms with Gasteiger partial charge in [-0.15, -0.1) is 0 Å². The summed E-state index contributed by atoms with van der Waals surface area (Å²) in [5.74, 6) is -0.404. The van der Waals surface area contributed by atoms with Crippen LogP contribution in [0.4, 0.5) is 0 Å². The van der Waals surface area contributed by atoms with Gasteiger partial charge in [-0.3, -0.25) is 9.59 Å². The van der Waals surface area contributed by atoms with Gasteiger partial charge in [-0.05, 0) is 18.4 Å². The highest BCUT2D eigenvalue weighted by molar-refractivity contribution is 5.86. The molecular weight excluding hydrogens is 256 g/mol. The Morgan fingerprint density at radius 1 is 1.40 bits per heavy atom. The molecule has 0 saturated carbocycles. The Hall–Kier alpha value is -1.88. The van der Waals surface area contributed by atoms with E-state index in [1.165, 1.54) is 0 Å². The lowest BCUT2D eigenvalue weighted by molar-refractivity contribution is -0.132. The molecule has 3 N–H and O–H groups in total. The second-order valence-electron chi connectivity index (χ2n) is 5.05. The van der Waals surface area contributed by atoms with Gasteiger partial charge in [-0.2, -0.15) is 0 Å². The largest absolute Gasteiger partial charge is 0.388 e. The molecule has 20 heavy (non-hydrogen) atoms. The molecule has 0 radical (unpaired) electrons. The first-order chi connectivity index (χ1) is 9.66. The van der Waals surface area contributed by atoms with Gasteiger partial charge >= 0.3 is 0 Å². The molecule has 1 fully saturated rings. The molecule has 5 heteroatoms. The molecule has 0 aromatic heterocycles. The number of amides is 2. The molecule has 5 nitrogen and oxygen atoms in total. The molecule has 0 bridgehead atoms. The van der Waals surface area contributed by atoms with Crippen LogP contribution in [0, 0.1) is 5.92 Å². The van der Waals surface area contributed by atoms with E-state index in [9.17, 15) is 14.7 Å². The van der Waals surface area contributed by atoms with Crippen LogP contribution in [0.15, 0.2) is 30.3 Å². The Bertz CT molecular complexity index is 461. The molecule has 108 valence electrons. The minimum Gasteiger partial charge on any atom is -0.388 e. The third-order valence-corrected chi connectivity index (χ3v) is 3.52. The predicted molar refractivity (Wildman–Crippen MR) is 74.8 cm³/mol. The van der Waals surface area contributed by atoms with Crippen molar-refractivity contribution in [1.29, 1.82) is 0 Å². The monoisotopic (exact) mass is 276 g/mol. The summed E-state index contributed by atoms with van der Waals surface area (Å²) >= 11 is 0. The van der Waals surface area contributed by atoms with Crippen molar-refractivity contribution in [2.24, 2.45) is 5.92 Å². The van der Waals surface area contributed by atoms with E-state index in [-0.39, 0.29) is 24.2 Å². The van der Waals surface area contributed by atoms with Crippen LogP contribution >= 0.6 is 0 Å². The second kappa shape index (κ2) is 7.05. The van der Waals surface area contributed by atoms with E-state index in [0.29, 0.717) is 25.9 Å². The van der Waals surface area contributed by atoms with Crippen LogP contribution in [-0.4, -0.2) is 30.0 Å². The number of aliphatic hydroxyl groups excluding tert-OH is 1. The lowest BCUT2D eigenvalue weighted by Gasteiger charge is -2.21. The normalized spacial score (nSPS) is 20.1. The first-order valence-corrected chi connectivity index (χ1v) is 6.94. The molecule has 0 aliphatic carbocycles. The van der Waals surface area contributed by atoms with Gasteiger partial charge in [0, 0.05) is 25.4 Å². The van der Waals surface area contributed by atoms with Gasteiger partial charge in [-0.1, -0.05) is 30.3 Å². The van der Waals surface area contributed by atoms with Crippen molar-refractivity contribution in [3.63, 3.8) is 0 Å². The number of benzene rings is 1. The van der Waals surface area contributed by atoms with Crippen molar-refractivity contribution in [2.75, 3.05) is 13.1 Å². The summed E-state index contributed by atoms with van der Waals surface area (Å²) in [5, 5.41) is 15.5. The van der Waals surface area contributed by atoms with E-state index in [1.54, 1.807) is 0 Å². The maximum atomic E-state index is 11.9. The number of hydrogen-bond donors (Lipinski definition) is 3. The number of rotatable bonds is 5. The number of aliphatic hydroxyl groups is 1. The summed E-state index contributed by atoms with van der Waals surface area (Å²) < 4.78 is 0. The molecule has 1 saturated heterocycles. The van der Waals surface area contributed by atoms with Crippen LogP contribution in [0.2, 0.25) is 0 Å². The van der Waals surface area contributed by atoms with E-state index in [0.717, 1.165) is 5.56 Å². The predicted octanol–water partition coefficient (Wildman–Crippen LogP) is 0.752. The zero-order valence-corrected chi connectivity index (χ0v) is 11.3. The van der Waals surface area contributed by atoms with Crippen LogP contribution in [0.3, 0.4) is 0 Å². The summed E-state index contributed by atoms with van der Waals surface area (Å²) in [5.41, 5.74) is 0.846. The maximum absolute atomic E-state index is 11.9. The van der Waals surface area contributed by atoms with Gasteiger partial charge in [0.1, 0.15) is 0 Å². The molecule has 2 atom stereocenters. The second-order valence-corrected chi connectivity index (χ2v) is 5.05. The van der Waals surface area contributed by atoms with Crippen LogP contribution in [-0.2, 0) is 9.59 Å². The molecule has 1 heterocycles. The highest BCUT2D eigenvalue weighted by Gasteiger charge is 2.25. The first kappa shape index (κ1) is 14.5. The van der Waals surface area contributed by atoms with Gasteiger partial charge in [0.05, 0.1) is 6.10 Å². The lowest BCUT2D eigenvalue weighted by Crippen LogP contribution is -2.41. The molecule has 1 aliphatic rings. The van der Waals surface area contributed by atoms with Gasteiger partial charge in [0.2, 0.25) is 11.8 Å². The van der Waals surface area contributed by atoms with Crippen molar-refractivity contribution in [1.82, 2.24) is 10.6 Å². The summed E-state index contributed by atoms with van der Waals surface area (Å²) in [6.45, 7) is 0.969. The topological polar surface area (TPSA) is 78.4 Å². The highest BCUT2D eigenvalue weighted by Crippen LogP contribution is 2.16. The Morgan fingerprint density at radius 2 is 2.15 bits per heavy atom. The molecule has 1 aliphatic heterocycles. The minimum absolute atomic E-state index is 0.0688. The van der Waals surface area contributed by atoms with E-state index in [2.05, 4.69) is 10.6 Å². The fraction of sp³-hybridized carbons (Fsp3) is 0.467. The molecule has 1 aromatic rings. The standard InChI is InChI=1S/C15H20N2O3/c18-13(11-4-2-1-3-5-11)7-9-17-15(20)12-6-8-16-14(19)10-12/h1-5,12-13,18H,6-10H2,(H,16,19)(H,17,20). The number of nitrogens with one attached hydrogen (secondary N) is 2. The van der Waals surface area contributed by atoms with Crippen LogP contribution in [0.1, 0.15) is 30.9 Å². The number of hydrogen-bond acceptors (Lipinski definition) is 3. The van der Waals surface area contributed by atoms with E-state index < -0.39 is 6.10 Å². The Morgan fingerprint density at radius 3 is 2.85 bits per heavy atom. The number of carbonyl (C=O) groups excluding carboxylic acids is 2. The van der Waals surface area contributed by atoms with Crippen molar-refractivity contribution in [2.45, 2.75) is 25.4 Å². The van der Waals surface area contributed by atoms with Crippen LogP contribution < -0.4 is 10.6 Å². The van der Waals surface area contributed by atoms with Gasteiger partial charge in [0.15, 0.2) is 0 Å². The van der Waals surface area contributed by atoms with Crippen molar-refractivity contribution in [3.8, 4) is 0 Å². The molecule has 2 unspecified atom stereocenters. The van der Waals surface area contributed by atoms with Crippen molar-refractivity contribution < 1.29 is 14.7 Å². The summed E-state index contributed by atoms with van der Waals surface area (Å²) in [6.07, 6.45) is 0.826. The Balaban J connectivity index is 1.72. The zero-order chi connectivity index (χ0) is 14.4. The fourth-order valence-corrected chi connectivity index (χ4v) is 2.33. The van der Waals surface area contributed by atoms with Gasteiger partial charge < -0.3 is 15.7 Å². The highest BCUT2D eigenvalue weighted by atomic mass is 16.3. The van der Waals surface area contributed by atoms with E-state index in [1.807, 2.05) is 30.3 Å². The van der Waals surface area contributed by atoms with E-state index in [4.69, 9.17) is 0 Å². The maximum Gasteiger partial charge on any atom is 0.223 e. The number of carbonyl (C=O) groups is 2. The average Bonchev–Trinajstić information content (AvgIpc) is 2.48. The third kappa shape index (κ3) is 4.06. The first-order valence-electron chi connectivity index (χ1n) is 6.94. The zero-order valence-electron chi connectivity index (χ0n) is 11.3. The Labute approximate surface area is 118 Å². The summed E-state index contributed by atoms with van der Waals surface area (Å²) in [4.78, 5) is 23.1. The van der Waals surface area contributed by atoms with Crippen LogP contribution in [0.25, 0.3) is 0 Å². The van der Waals surface area contributed by atoms with Crippen molar-refractivity contribution in [3.05, 3.63) is 35.9 Å². The van der Waals surface area contributed by atoms with Gasteiger partial charge in [-0.25, -0.2) is 0 Å². The number of piperidine rings is 1. The smallest absolute Gasteiger partial charge is 0.223 e. The van der Waals surface area contributed by atoms with Gasteiger partial charge in [0.25, 0.3) is 0 Å². The SMILES string of the molecule is O=C1CC(C(=O)NCCC(O)c2ccccc2)CCN1. The van der Waals surface area contributed by atoms with E-state index >= 15 is 0 Å². The van der Waals surface area contributed by atoms with Crippen LogP contribution in [0.5, 0.6) is 0 Å². The molecule has 0 spiro atoms. The quantitative estimate of drug-likeness (QED) is 0.742. The fourth-order valence-electron chi connectivity index (χ4n) is 2.33. The molecular formula is C15H20N2O3. The summed E-state index contributed by atoms with van der Waals surface area (Å²) in [6, 6.07) is 9.36. The molecule has 2 rings (SSSR count). The average molecular weight is 276 g/mol. The minimum atomic E-state index is -0.578. The van der Waals surface area contributed by atoms with Crippen molar-refractivity contribution >= 4 is 11.8 Å². The molecule has 2 amide bonds. The Kier molecular flexibility index (Phi) is 5.12. The third-order valence-electron chi connectivity index (χ3n) is 3.52.